The van der Waals surface area contributed by atoms with Crippen LogP contribution < -0.4 is 0 Å². The second-order valence-electron chi connectivity index (χ2n) is 3.81. The Hall–Kier alpha value is -1.38. The second kappa shape index (κ2) is 4.91. The number of benzene rings is 1. The minimum absolute atomic E-state index is 0.243. The Bertz CT molecular complexity index is 340. The average molecular weight is 210 g/mol. The van der Waals surface area contributed by atoms with Crippen molar-refractivity contribution >= 4 is 5.97 Å². The summed E-state index contributed by atoms with van der Waals surface area (Å²) in [6.45, 7) is 3.47. The van der Waals surface area contributed by atoms with Crippen LogP contribution in [0.4, 0.5) is 4.39 Å². The number of rotatable bonds is 4. The van der Waals surface area contributed by atoms with Gasteiger partial charge in [0.05, 0.1) is 5.92 Å². The van der Waals surface area contributed by atoms with Gasteiger partial charge < -0.3 is 5.11 Å². The fourth-order valence-corrected chi connectivity index (χ4v) is 1.47. The number of halogens is 1. The molecule has 15 heavy (non-hydrogen) atoms. The average Bonchev–Trinajstić information content (AvgIpc) is 2.16. The lowest BCUT2D eigenvalue weighted by molar-refractivity contribution is -0.141. The van der Waals surface area contributed by atoms with Gasteiger partial charge in [0.15, 0.2) is 0 Å². The SMILES string of the molecule is Cc1cccc(F)c1CCC(C)C(=O)O. The van der Waals surface area contributed by atoms with Gasteiger partial charge in [-0.05, 0) is 37.0 Å². The summed E-state index contributed by atoms with van der Waals surface area (Å²) in [5.41, 5.74) is 1.51. The van der Waals surface area contributed by atoms with Crippen LogP contribution >= 0.6 is 0 Å². The standard InChI is InChI=1S/C12H15FO2/c1-8-4-3-5-11(13)10(8)7-6-9(2)12(14)15/h3-5,9H,6-7H2,1-2H3,(H,14,15). The number of carboxylic acids is 1. The highest BCUT2D eigenvalue weighted by Gasteiger charge is 2.13. The van der Waals surface area contributed by atoms with Crippen LogP contribution in [0.2, 0.25) is 0 Å². The van der Waals surface area contributed by atoms with Gasteiger partial charge in [-0.3, -0.25) is 4.79 Å². The maximum absolute atomic E-state index is 13.4. The van der Waals surface area contributed by atoms with E-state index in [1.54, 1.807) is 13.0 Å². The molecule has 0 radical (unpaired) electrons. The summed E-state index contributed by atoms with van der Waals surface area (Å²) in [7, 11) is 0. The first kappa shape index (κ1) is 11.7. The molecule has 2 nitrogen and oxygen atoms in total. The van der Waals surface area contributed by atoms with E-state index >= 15 is 0 Å². The molecule has 0 saturated heterocycles. The van der Waals surface area contributed by atoms with Crippen molar-refractivity contribution in [3.8, 4) is 0 Å². The Balaban J connectivity index is 2.69. The predicted octanol–water partition coefficient (Wildman–Crippen LogP) is 2.79. The summed E-state index contributed by atoms with van der Waals surface area (Å²) < 4.78 is 13.4. The van der Waals surface area contributed by atoms with Crippen molar-refractivity contribution in [2.45, 2.75) is 26.7 Å². The highest BCUT2D eigenvalue weighted by Crippen LogP contribution is 2.17. The highest BCUT2D eigenvalue weighted by molar-refractivity contribution is 5.69. The summed E-state index contributed by atoms with van der Waals surface area (Å²) in [6.07, 6.45) is 0.948. The highest BCUT2D eigenvalue weighted by atomic mass is 19.1. The third kappa shape index (κ3) is 3.05. The van der Waals surface area contributed by atoms with Crippen LogP contribution in [0, 0.1) is 18.7 Å². The number of carboxylic acid groups (broad SMARTS) is 1. The third-order valence-corrected chi connectivity index (χ3v) is 2.60. The van der Waals surface area contributed by atoms with Gasteiger partial charge in [-0.1, -0.05) is 19.1 Å². The maximum Gasteiger partial charge on any atom is 0.306 e. The van der Waals surface area contributed by atoms with E-state index in [4.69, 9.17) is 5.11 Å². The van der Waals surface area contributed by atoms with E-state index in [9.17, 15) is 9.18 Å². The molecule has 1 unspecified atom stereocenters. The molecular weight excluding hydrogens is 195 g/mol. The minimum atomic E-state index is -0.830. The summed E-state index contributed by atoms with van der Waals surface area (Å²) in [5.74, 6) is -1.50. The van der Waals surface area contributed by atoms with Crippen LogP contribution in [0.25, 0.3) is 0 Å². The van der Waals surface area contributed by atoms with Gasteiger partial charge in [-0.25, -0.2) is 4.39 Å². The van der Waals surface area contributed by atoms with Crippen molar-refractivity contribution in [3.63, 3.8) is 0 Å². The normalized spacial score (nSPS) is 12.5. The molecule has 1 atom stereocenters. The van der Waals surface area contributed by atoms with Gasteiger partial charge in [0, 0.05) is 0 Å². The van der Waals surface area contributed by atoms with Crippen molar-refractivity contribution in [1.29, 1.82) is 0 Å². The molecule has 0 fully saturated rings. The fraction of sp³-hybridized carbons (Fsp3) is 0.417. The summed E-state index contributed by atoms with van der Waals surface area (Å²) in [6, 6.07) is 4.91. The maximum atomic E-state index is 13.4. The number of aryl methyl sites for hydroxylation is 1. The molecule has 1 aromatic rings. The lowest BCUT2D eigenvalue weighted by Gasteiger charge is -2.09. The molecule has 1 N–H and O–H groups in total. The van der Waals surface area contributed by atoms with E-state index < -0.39 is 11.9 Å². The summed E-state index contributed by atoms with van der Waals surface area (Å²) in [5, 5.41) is 8.70. The molecule has 0 aliphatic heterocycles. The molecule has 0 aromatic heterocycles. The molecule has 0 saturated carbocycles. The van der Waals surface area contributed by atoms with Crippen LogP contribution in [0.1, 0.15) is 24.5 Å². The molecule has 1 rings (SSSR count). The van der Waals surface area contributed by atoms with Gasteiger partial charge in [0.2, 0.25) is 0 Å². The van der Waals surface area contributed by atoms with E-state index in [0.717, 1.165) is 5.56 Å². The van der Waals surface area contributed by atoms with Crippen molar-refractivity contribution < 1.29 is 14.3 Å². The molecule has 0 aliphatic rings. The number of hydrogen-bond donors (Lipinski definition) is 1. The molecule has 1 aromatic carbocycles. The first-order valence-electron chi connectivity index (χ1n) is 4.99. The van der Waals surface area contributed by atoms with Gasteiger partial charge in [0.25, 0.3) is 0 Å². The van der Waals surface area contributed by atoms with Crippen LogP contribution in [0.15, 0.2) is 18.2 Å². The zero-order valence-electron chi connectivity index (χ0n) is 8.96. The summed E-state index contributed by atoms with van der Waals surface area (Å²) in [4.78, 5) is 10.6. The van der Waals surface area contributed by atoms with Crippen molar-refractivity contribution in [3.05, 3.63) is 35.1 Å². The van der Waals surface area contributed by atoms with Gasteiger partial charge in [-0.15, -0.1) is 0 Å². The van der Waals surface area contributed by atoms with Crippen molar-refractivity contribution in [1.82, 2.24) is 0 Å². The molecular formula is C12H15FO2. The van der Waals surface area contributed by atoms with Gasteiger partial charge in [-0.2, -0.15) is 0 Å². The predicted molar refractivity (Wildman–Crippen MR) is 56.3 cm³/mol. The second-order valence-corrected chi connectivity index (χ2v) is 3.81. The summed E-state index contributed by atoms with van der Waals surface area (Å²) >= 11 is 0. The lowest BCUT2D eigenvalue weighted by Crippen LogP contribution is -2.11. The molecule has 3 heteroatoms. The number of carbonyl (C=O) groups is 1. The lowest BCUT2D eigenvalue weighted by atomic mass is 9.98. The quantitative estimate of drug-likeness (QED) is 0.829. The smallest absolute Gasteiger partial charge is 0.306 e. The zero-order valence-corrected chi connectivity index (χ0v) is 8.96. The Morgan fingerprint density at radius 1 is 1.53 bits per heavy atom. The van der Waals surface area contributed by atoms with E-state index in [1.165, 1.54) is 6.07 Å². The Morgan fingerprint density at radius 2 is 2.20 bits per heavy atom. The topological polar surface area (TPSA) is 37.3 Å². The molecule has 0 spiro atoms. The Kier molecular flexibility index (Phi) is 3.83. The fourth-order valence-electron chi connectivity index (χ4n) is 1.47. The molecule has 0 bridgehead atoms. The van der Waals surface area contributed by atoms with Crippen LogP contribution in [0.5, 0.6) is 0 Å². The van der Waals surface area contributed by atoms with Crippen LogP contribution in [0.3, 0.4) is 0 Å². The Labute approximate surface area is 88.7 Å². The first-order chi connectivity index (χ1) is 7.02. The van der Waals surface area contributed by atoms with E-state index in [1.807, 2.05) is 13.0 Å². The van der Waals surface area contributed by atoms with Crippen LogP contribution in [-0.4, -0.2) is 11.1 Å². The van der Waals surface area contributed by atoms with Crippen molar-refractivity contribution in [2.24, 2.45) is 5.92 Å². The number of aliphatic carboxylic acids is 1. The number of hydrogen-bond acceptors (Lipinski definition) is 1. The largest absolute Gasteiger partial charge is 0.481 e. The van der Waals surface area contributed by atoms with Gasteiger partial charge >= 0.3 is 5.97 Å². The first-order valence-corrected chi connectivity index (χ1v) is 4.99. The molecule has 0 aliphatic carbocycles. The van der Waals surface area contributed by atoms with Crippen LogP contribution in [-0.2, 0) is 11.2 Å². The third-order valence-electron chi connectivity index (χ3n) is 2.60. The van der Waals surface area contributed by atoms with E-state index in [-0.39, 0.29) is 5.82 Å². The van der Waals surface area contributed by atoms with E-state index in [0.29, 0.717) is 18.4 Å². The van der Waals surface area contributed by atoms with Gasteiger partial charge in [0.1, 0.15) is 5.82 Å². The Morgan fingerprint density at radius 3 is 2.73 bits per heavy atom. The molecule has 82 valence electrons. The van der Waals surface area contributed by atoms with Crippen molar-refractivity contribution in [2.75, 3.05) is 0 Å². The van der Waals surface area contributed by atoms with E-state index in [2.05, 4.69) is 0 Å². The molecule has 0 heterocycles. The zero-order chi connectivity index (χ0) is 11.4. The minimum Gasteiger partial charge on any atom is -0.481 e. The monoisotopic (exact) mass is 210 g/mol. The molecule has 0 amide bonds.